The molecule has 0 fully saturated rings. The molecule has 0 radical (unpaired) electrons. The number of aromatic nitrogens is 3. The highest BCUT2D eigenvalue weighted by atomic mass is 35.5. The zero-order valence-corrected chi connectivity index (χ0v) is 16.0. The molecule has 1 aromatic heterocycles. The van der Waals surface area contributed by atoms with Crippen LogP contribution < -0.4 is 0 Å². The summed E-state index contributed by atoms with van der Waals surface area (Å²) in [7, 11) is 0.987. The van der Waals surface area contributed by atoms with Crippen LogP contribution in [0.5, 0.6) is 0 Å². The molecule has 0 N–H and O–H groups in total. The molecule has 1 heterocycles. The Morgan fingerprint density at radius 1 is 1.04 bits per heavy atom. The van der Waals surface area contributed by atoms with Crippen molar-refractivity contribution >= 4 is 29.3 Å². The monoisotopic (exact) mass is 427 g/mol. The van der Waals surface area contributed by atoms with E-state index in [4.69, 9.17) is 27.9 Å². The lowest BCUT2D eigenvalue weighted by Crippen LogP contribution is -2.42. The first-order chi connectivity index (χ1) is 13.2. The normalized spacial score (nSPS) is 14.4. The molecule has 9 heteroatoms. The minimum absolute atomic E-state index is 0.0822. The highest BCUT2D eigenvalue weighted by Gasteiger charge is 2.55. The third-order valence-electron chi connectivity index (χ3n) is 4.12. The predicted molar refractivity (Wildman–Crippen MR) is 102 cm³/mol. The Labute approximate surface area is 169 Å². The predicted octanol–water partition coefficient (Wildman–Crippen LogP) is 5.69. The minimum atomic E-state index is -4.74. The van der Waals surface area contributed by atoms with Crippen LogP contribution in [0.25, 0.3) is 11.8 Å². The molecule has 146 valence electrons. The number of methoxy groups -OCH3 is 1. The first kappa shape index (κ1) is 20.4. The van der Waals surface area contributed by atoms with Gasteiger partial charge < -0.3 is 4.74 Å². The van der Waals surface area contributed by atoms with Gasteiger partial charge in [-0.05, 0) is 47.5 Å². The molecule has 0 spiro atoms. The Morgan fingerprint density at radius 2 is 1.68 bits per heavy atom. The topological polar surface area (TPSA) is 39.9 Å². The van der Waals surface area contributed by atoms with E-state index in [0.717, 1.165) is 18.9 Å². The minimum Gasteiger partial charge on any atom is -0.360 e. The summed E-state index contributed by atoms with van der Waals surface area (Å²) in [5.41, 5.74) is -1.64. The van der Waals surface area contributed by atoms with E-state index in [1.165, 1.54) is 41.6 Å². The van der Waals surface area contributed by atoms with Gasteiger partial charge in [0.1, 0.15) is 12.7 Å². The van der Waals surface area contributed by atoms with E-state index in [9.17, 15) is 13.2 Å². The van der Waals surface area contributed by atoms with Crippen molar-refractivity contribution in [2.75, 3.05) is 7.11 Å². The van der Waals surface area contributed by atoms with Gasteiger partial charge in [0.2, 0.25) is 5.60 Å². The van der Waals surface area contributed by atoms with Gasteiger partial charge in [-0.3, -0.25) is 0 Å². The van der Waals surface area contributed by atoms with Crippen molar-refractivity contribution < 1.29 is 17.9 Å². The van der Waals surface area contributed by atoms with E-state index in [1.54, 1.807) is 24.3 Å². The fourth-order valence-electron chi connectivity index (χ4n) is 2.72. The van der Waals surface area contributed by atoms with E-state index >= 15 is 0 Å². The highest BCUT2D eigenvalue weighted by molar-refractivity contribution is 6.34. The first-order valence-electron chi connectivity index (χ1n) is 7.98. The molecule has 1 atom stereocenters. The summed E-state index contributed by atoms with van der Waals surface area (Å²) in [6.45, 7) is 0. The van der Waals surface area contributed by atoms with Crippen LogP contribution in [0, 0.1) is 0 Å². The number of rotatable bonds is 5. The van der Waals surface area contributed by atoms with Crippen molar-refractivity contribution in [3.05, 3.63) is 82.4 Å². The van der Waals surface area contributed by atoms with E-state index < -0.39 is 11.8 Å². The maximum absolute atomic E-state index is 14.0. The molecule has 0 aliphatic carbocycles. The van der Waals surface area contributed by atoms with Gasteiger partial charge in [0, 0.05) is 17.2 Å². The quantitative estimate of drug-likeness (QED) is 0.524. The van der Waals surface area contributed by atoms with Gasteiger partial charge in [-0.15, -0.1) is 0 Å². The number of hydrogen-bond donors (Lipinski definition) is 0. The molecule has 2 aromatic carbocycles. The zero-order chi connectivity index (χ0) is 20.4. The molecule has 4 nitrogen and oxygen atoms in total. The van der Waals surface area contributed by atoms with Gasteiger partial charge in [0.15, 0.2) is 0 Å². The Kier molecular flexibility index (Phi) is 5.79. The standard InChI is InChI=1S/C19H14Cl2F3N3O/c1-28-18(19(22,23)24,14-8-15(20)10-16(21)9-14)7-6-13-2-4-17(5-3-13)27-12-25-11-26-27/h2-12H,1H3/b7-6+. The molecule has 0 aliphatic heterocycles. The molecule has 3 rings (SSSR count). The lowest BCUT2D eigenvalue weighted by Gasteiger charge is -2.32. The molecule has 0 aliphatic rings. The van der Waals surface area contributed by atoms with E-state index in [0.29, 0.717) is 5.56 Å². The van der Waals surface area contributed by atoms with Crippen molar-refractivity contribution in [3.8, 4) is 5.69 Å². The first-order valence-corrected chi connectivity index (χ1v) is 8.73. The Bertz CT molecular complexity index is 953. The van der Waals surface area contributed by atoms with Crippen LogP contribution in [0.3, 0.4) is 0 Å². The summed E-state index contributed by atoms with van der Waals surface area (Å²) in [5.74, 6) is 0. The smallest absolute Gasteiger partial charge is 0.360 e. The third kappa shape index (κ3) is 4.06. The molecule has 0 saturated carbocycles. The van der Waals surface area contributed by atoms with E-state index in [-0.39, 0.29) is 15.6 Å². The molecular formula is C19H14Cl2F3N3O. The van der Waals surface area contributed by atoms with Gasteiger partial charge in [-0.1, -0.05) is 41.4 Å². The Hall–Kier alpha value is -2.35. The molecule has 0 bridgehead atoms. The number of benzene rings is 2. The van der Waals surface area contributed by atoms with Crippen LogP contribution in [-0.4, -0.2) is 28.1 Å². The number of halogens is 5. The van der Waals surface area contributed by atoms with Crippen LogP contribution in [0.1, 0.15) is 11.1 Å². The van der Waals surface area contributed by atoms with Crippen molar-refractivity contribution in [1.29, 1.82) is 0 Å². The third-order valence-corrected chi connectivity index (χ3v) is 4.56. The molecule has 0 amide bonds. The lowest BCUT2D eigenvalue weighted by molar-refractivity contribution is -0.254. The van der Waals surface area contributed by atoms with E-state index in [1.807, 2.05) is 0 Å². The van der Waals surface area contributed by atoms with Gasteiger partial charge in [-0.25, -0.2) is 9.67 Å². The summed E-state index contributed by atoms with van der Waals surface area (Å²) < 4.78 is 48.5. The number of hydrogen-bond acceptors (Lipinski definition) is 3. The second kappa shape index (κ2) is 7.95. The van der Waals surface area contributed by atoms with Gasteiger partial charge in [0.25, 0.3) is 0 Å². The summed E-state index contributed by atoms with van der Waals surface area (Å²) in [5, 5.41) is 4.16. The van der Waals surface area contributed by atoms with Crippen LogP contribution in [0.2, 0.25) is 10.0 Å². The van der Waals surface area contributed by atoms with Gasteiger partial charge in [-0.2, -0.15) is 18.3 Å². The zero-order valence-electron chi connectivity index (χ0n) is 14.5. The largest absolute Gasteiger partial charge is 0.425 e. The molecular weight excluding hydrogens is 414 g/mol. The maximum atomic E-state index is 14.0. The summed E-state index contributed by atoms with van der Waals surface area (Å²) in [6, 6.07) is 10.5. The number of ether oxygens (including phenoxy) is 1. The highest BCUT2D eigenvalue weighted by Crippen LogP contribution is 2.44. The van der Waals surface area contributed by atoms with Crippen LogP contribution in [0.4, 0.5) is 13.2 Å². The van der Waals surface area contributed by atoms with Crippen molar-refractivity contribution in [2.45, 2.75) is 11.8 Å². The second-order valence-electron chi connectivity index (χ2n) is 5.86. The van der Waals surface area contributed by atoms with Crippen LogP contribution >= 0.6 is 23.2 Å². The SMILES string of the molecule is COC(/C=C/c1ccc(-n2cncn2)cc1)(c1cc(Cl)cc(Cl)c1)C(F)(F)F. The molecule has 0 saturated heterocycles. The fourth-order valence-corrected chi connectivity index (χ4v) is 3.24. The Morgan fingerprint density at radius 3 is 2.18 bits per heavy atom. The summed E-state index contributed by atoms with van der Waals surface area (Å²) in [4.78, 5) is 3.85. The van der Waals surface area contributed by atoms with Crippen molar-refractivity contribution in [3.63, 3.8) is 0 Å². The Balaban J connectivity index is 2.00. The summed E-state index contributed by atoms with van der Waals surface area (Å²) >= 11 is 11.8. The van der Waals surface area contributed by atoms with Crippen molar-refractivity contribution in [1.82, 2.24) is 14.8 Å². The average Bonchev–Trinajstić information content (AvgIpc) is 3.16. The summed E-state index contributed by atoms with van der Waals surface area (Å²) in [6.07, 6.45) is 0.441. The number of alkyl halides is 3. The second-order valence-corrected chi connectivity index (χ2v) is 6.73. The maximum Gasteiger partial charge on any atom is 0.425 e. The average molecular weight is 428 g/mol. The molecule has 28 heavy (non-hydrogen) atoms. The van der Waals surface area contributed by atoms with Crippen molar-refractivity contribution in [2.24, 2.45) is 0 Å². The fraction of sp³-hybridized carbons (Fsp3) is 0.158. The number of nitrogens with zero attached hydrogens (tertiary/aromatic N) is 3. The van der Waals surface area contributed by atoms with Gasteiger partial charge in [0.05, 0.1) is 5.69 Å². The lowest BCUT2D eigenvalue weighted by atomic mass is 9.91. The van der Waals surface area contributed by atoms with E-state index in [2.05, 4.69) is 10.1 Å². The van der Waals surface area contributed by atoms with Crippen LogP contribution in [0.15, 0.2) is 61.2 Å². The molecule has 3 aromatic rings. The van der Waals surface area contributed by atoms with Gasteiger partial charge >= 0.3 is 6.18 Å². The van der Waals surface area contributed by atoms with Crippen LogP contribution in [-0.2, 0) is 10.3 Å². The molecule has 1 unspecified atom stereocenters.